The van der Waals surface area contributed by atoms with Crippen molar-refractivity contribution in [1.29, 1.82) is 0 Å². The summed E-state index contributed by atoms with van der Waals surface area (Å²) in [4.78, 5) is 20.9. The lowest BCUT2D eigenvalue weighted by Gasteiger charge is -2.17. The predicted octanol–water partition coefficient (Wildman–Crippen LogP) is 4.73. The molecule has 0 saturated heterocycles. The maximum absolute atomic E-state index is 12.3. The molecule has 2 heterocycles. The zero-order valence-corrected chi connectivity index (χ0v) is 14.7. The molecule has 7 heteroatoms. The molecule has 23 heavy (non-hydrogen) atoms. The fraction of sp³-hybridized carbons (Fsp3) is 0.188. The van der Waals surface area contributed by atoms with Crippen LogP contribution < -0.4 is 5.32 Å². The molecule has 0 saturated carbocycles. The van der Waals surface area contributed by atoms with E-state index in [0.29, 0.717) is 5.69 Å². The highest BCUT2D eigenvalue weighted by Crippen LogP contribution is 2.36. The van der Waals surface area contributed by atoms with Gasteiger partial charge < -0.3 is 5.32 Å². The molecule has 4 nitrogen and oxygen atoms in total. The molecule has 1 amide bonds. The summed E-state index contributed by atoms with van der Waals surface area (Å²) in [5.74, 6) is 0.761. The van der Waals surface area contributed by atoms with E-state index in [2.05, 4.69) is 21.4 Å². The molecule has 0 bridgehead atoms. The topological polar surface area (TPSA) is 54.4 Å². The Morgan fingerprint density at radius 3 is 3.00 bits per heavy atom. The number of halogens is 1. The van der Waals surface area contributed by atoms with Crippen molar-refractivity contribution in [3.05, 3.63) is 53.3 Å². The van der Waals surface area contributed by atoms with Crippen molar-refractivity contribution in [1.82, 2.24) is 4.98 Å². The summed E-state index contributed by atoms with van der Waals surface area (Å²) in [6, 6.07) is 11.5. The summed E-state index contributed by atoms with van der Waals surface area (Å²) in [6.07, 6.45) is 1.58. The normalized spacial score (nSPS) is 14.6. The van der Waals surface area contributed by atoms with Gasteiger partial charge in [0.25, 0.3) is 0 Å². The summed E-state index contributed by atoms with van der Waals surface area (Å²) in [5, 5.41) is 2.81. The number of hydrogen-bond acceptors (Lipinski definition) is 5. The number of carbonyl (C=O) groups is 1. The highest BCUT2D eigenvalue weighted by atomic mass is 35.5. The number of amides is 1. The van der Waals surface area contributed by atoms with Gasteiger partial charge in [0, 0.05) is 11.9 Å². The second-order valence-electron chi connectivity index (χ2n) is 4.89. The lowest BCUT2D eigenvalue weighted by atomic mass is 10.2. The third-order valence-corrected chi connectivity index (χ3v) is 5.82. The molecule has 1 aliphatic rings. The lowest BCUT2D eigenvalue weighted by molar-refractivity contribution is -0.115. The molecule has 118 valence electrons. The van der Waals surface area contributed by atoms with Gasteiger partial charge >= 0.3 is 0 Å². The van der Waals surface area contributed by atoms with Crippen LogP contribution in [0.2, 0.25) is 5.15 Å². The van der Waals surface area contributed by atoms with E-state index >= 15 is 0 Å². The molecule has 1 aliphatic heterocycles. The molecular weight excluding hydrogens is 350 g/mol. The highest BCUT2D eigenvalue weighted by molar-refractivity contribution is 8.39. The average molecular weight is 364 g/mol. The summed E-state index contributed by atoms with van der Waals surface area (Å²) < 4.78 is 0.906. The van der Waals surface area contributed by atoms with Crippen LogP contribution in [0.1, 0.15) is 12.5 Å². The van der Waals surface area contributed by atoms with Gasteiger partial charge in [-0.15, -0.1) is 0 Å². The fourth-order valence-corrected chi connectivity index (χ4v) is 4.34. The Morgan fingerprint density at radius 2 is 2.17 bits per heavy atom. The first-order valence-electron chi connectivity index (χ1n) is 7.01. The quantitative estimate of drug-likeness (QED) is 0.801. The van der Waals surface area contributed by atoms with Crippen LogP contribution in [0.3, 0.4) is 0 Å². The molecule has 0 fully saturated rings. The number of rotatable bonds is 3. The standard InChI is InChI=1S/C16H14ClN3OS2/c1-10(15(21)19-13-7-4-8-18-14(13)17)23-16-20-12-6-3-2-5-11(12)9-22-16/h2-8,10H,9H2,1H3,(H,19,21). The molecule has 2 aromatic rings. The minimum absolute atomic E-state index is 0.118. The smallest absolute Gasteiger partial charge is 0.237 e. The number of nitrogens with one attached hydrogen (secondary N) is 1. The molecule has 0 aliphatic carbocycles. The number of aliphatic imine (C=N–C) groups is 1. The Kier molecular flexibility index (Phi) is 5.25. The maximum atomic E-state index is 12.3. The van der Waals surface area contributed by atoms with Gasteiger partial charge in [-0.1, -0.05) is 53.3 Å². The molecule has 0 spiro atoms. The van der Waals surface area contributed by atoms with E-state index in [0.717, 1.165) is 15.8 Å². The third kappa shape index (κ3) is 4.07. The van der Waals surface area contributed by atoms with E-state index in [4.69, 9.17) is 11.6 Å². The maximum Gasteiger partial charge on any atom is 0.237 e. The van der Waals surface area contributed by atoms with E-state index < -0.39 is 0 Å². The number of hydrogen-bond donors (Lipinski definition) is 1. The molecular formula is C16H14ClN3OS2. The largest absolute Gasteiger partial charge is 0.322 e. The summed E-state index contributed by atoms with van der Waals surface area (Å²) >= 11 is 9.07. The van der Waals surface area contributed by atoms with Gasteiger partial charge in [-0.05, 0) is 30.7 Å². The molecule has 1 unspecified atom stereocenters. The second-order valence-corrected chi connectivity index (χ2v) is 7.80. The summed E-state index contributed by atoms with van der Waals surface area (Å²) in [7, 11) is 0. The van der Waals surface area contributed by atoms with E-state index in [1.165, 1.54) is 17.3 Å². The second kappa shape index (κ2) is 7.38. The molecule has 0 radical (unpaired) electrons. The highest BCUT2D eigenvalue weighted by Gasteiger charge is 2.20. The van der Waals surface area contributed by atoms with Crippen molar-refractivity contribution >= 4 is 56.8 Å². The summed E-state index contributed by atoms with van der Waals surface area (Å²) in [6.45, 7) is 1.86. The van der Waals surface area contributed by atoms with E-state index in [1.807, 2.05) is 25.1 Å². The zero-order chi connectivity index (χ0) is 16.2. The number of pyridine rings is 1. The van der Waals surface area contributed by atoms with Crippen LogP contribution in [-0.4, -0.2) is 20.5 Å². The zero-order valence-electron chi connectivity index (χ0n) is 12.3. The average Bonchev–Trinajstić information content (AvgIpc) is 2.56. The first kappa shape index (κ1) is 16.4. The number of thioether (sulfide) groups is 2. The van der Waals surface area contributed by atoms with Crippen LogP contribution >= 0.6 is 35.1 Å². The number of fused-ring (bicyclic) bond motifs is 1. The van der Waals surface area contributed by atoms with Gasteiger partial charge in [0.1, 0.15) is 4.38 Å². The number of anilines is 1. The Hall–Kier alpha value is -1.50. The molecule has 1 aromatic carbocycles. The van der Waals surface area contributed by atoms with Crippen molar-refractivity contribution < 1.29 is 4.79 Å². The number of carbonyl (C=O) groups excluding carboxylic acids is 1. The van der Waals surface area contributed by atoms with Crippen LogP contribution in [0.4, 0.5) is 11.4 Å². The Morgan fingerprint density at radius 1 is 1.35 bits per heavy atom. The van der Waals surface area contributed by atoms with Gasteiger partial charge in [-0.2, -0.15) is 0 Å². The Labute approximate surface area is 148 Å². The minimum atomic E-state index is -0.275. The van der Waals surface area contributed by atoms with Gasteiger partial charge in [-0.3, -0.25) is 4.79 Å². The van der Waals surface area contributed by atoms with E-state index in [1.54, 1.807) is 30.1 Å². The number of benzene rings is 1. The van der Waals surface area contributed by atoms with E-state index in [-0.39, 0.29) is 16.3 Å². The van der Waals surface area contributed by atoms with Crippen molar-refractivity contribution in [3.63, 3.8) is 0 Å². The third-order valence-electron chi connectivity index (χ3n) is 3.22. The first-order valence-corrected chi connectivity index (χ1v) is 9.25. The first-order chi connectivity index (χ1) is 11.1. The number of aromatic nitrogens is 1. The van der Waals surface area contributed by atoms with Gasteiger partial charge in [0.05, 0.1) is 16.6 Å². The van der Waals surface area contributed by atoms with Gasteiger partial charge in [0.15, 0.2) is 5.15 Å². The van der Waals surface area contributed by atoms with Crippen LogP contribution in [0.15, 0.2) is 47.6 Å². The van der Waals surface area contributed by atoms with Crippen molar-refractivity contribution in [3.8, 4) is 0 Å². The van der Waals surface area contributed by atoms with Crippen molar-refractivity contribution in [2.75, 3.05) is 5.32 Å². The Balaban J connectivity index is 1.65. The fourth-order valence-electron chi connectivity index (χ4n) is 1.99. The molecule has 1 aromatic heterocycles. The predicted molar refractivity (Wildman–Crippen MR) is 99.8 cm³/mol. The van der Waals surface area contributed by atoms with Gasteiger partial charge in [-0.25, -0.2) is 9.98 Å². The van der Waals surface area contributed by atoms with Crippen molar-refractivity contribution in [2.24, 2.45) is 4.99 Å². The monoisotopic (exact) mass is 363 g/mol. The molecule has 1 atom stereocenters. The molecule has 1 N–H and O–H groups in total. The van der Waals surface area contributed by atoms with Gasteiger partial charge in [0.2, 0.25) is 5.91 Å². The van der Waals surface area contributed by atoms with Crippen LogP contribution in [-0.2, 0) is 10.5 Å². The van der Waals surface area contributed by atoms with E-state index in [9.17, 15) is 4.79 Å². The Bertz CT molecular complexity index is 766. The van der Waals surface area contributed by atoms with Crippen LogP contribution in [0, 0.1) is 0 Å². The van der Waals surface area contributed by atoms with Crippen LogP contribution in [0.5, 0.6) is 0 Å². The van der Waals surface area contributed by atoms with Crippen molar-refractivity contribution in [2.45, 2.75) is 17.9 Å². The SMILES string of the molecule is CC(SC1=Nc2ccccc2CS1)C(=O)Nc1cccnc1Cl. The van der Waals surface area contributed by atoms with Crippen LogP contribution in [0.25, 0.3) is 0 Å². The summed E-state index contributed by atoms with van der Waals surface area (Å²) in [5.41, 5.74) is 2.73. The minimum Gasteiger partial charge on any atom is -0.322 e. The lowest BCUT2D eigenvalue weighted by Crippen LogP contribution is -2.23. The molecule has 3 rings (SSSR count). The number of nitrogens with zero attached hydrogens (tertiary/aromatic N) is 2. The number of para-hydroxylation sites is 1.